The Balaban J connectivity index is 1.90. The molecule has 0 spiro atoms. The number of anilines is 1. The van der Waals surface area contributed by atoms with Crippen molar-refractivity contribution >= 4 is 18.1 Å². The molecule has 2 aromatic carbocycles. The van der Waals surface area contributed by atoms with Crippen LogP contribution in [-0.4, -0.2) is 39.8 Å². The van der Waals surface area contributed by atoms with E-state index in [1.807, 2.05) is 55.4 Å². The van der Waals surface area contributed by atoms with Crippen LogP contribution >= 0.6 is 0 Å². The minimum absolute atomic E-state index is 0.0738. The third-order valence-electron chi connectivity index (χ3n) is 3.12. The molecule has 5 heteroatoms. The third kappa shape index (κ3) is 5.54. The summed E-state index contributed by atoms with van der Waals surface area (Å²) >= 11 is 0. The van der Waals surface area contributed by atoms with Gasteiger partial charge in [-0.15, -0.1) is 0 Å². The monoisotopic (exact) mass is 313 g/mol. The van der Waals surface area contributed by atoms with Gasteiger partial charge in [-0.25, -0.2) is 4.39 Å². The Labute approximate surface area is 135 Å². The van der Waals surface area contributed by atoms with Gasteiger partial charge in [0.15, 0.2) is 0 Å². The second-order valence-corrected chi connectivity index (χ2v) is 5.08. The van der Waals surface area contributed by atoms with Gasteiger partial charge in [-0.3, -0.25) is 0 Å². The van der Waals surface area contributed by atoms with Crippen LogP contribution in [0.1, 0.15) is 11.1 Å². The molecule has 23 heavy (non-hydrogen) atoms. The fraction of sp³-hybridized carbons (Fsp3) is 0.222. The van der Waals surface area contributed by atoms with Crippen molar-refractivity contribution in [2.75, 3.05) is 32.3 Å². The Bertz CT molecular complexity index is 649. The van der Waals surface area contributed by atoms with Crippen molar-refractivity contribution in [3.63, 3.8) is 0 Å². The summed E-state index contributed by atoms with van der Waals surface area (Å²) in [5.41, 5.74) is 3.03. The molecule has 0 saturated heterocycles. The highest BCUT2D eigenvalue weighted by Gasteiger charge is 1.94. The molecule has 0 radical (unpaired) electrons. The van der Waals surface area contributed by atoms with Crippen molar-refractivity contribution in [1.82, 2.24) is 0 Å². The van der Waals surface area contributed by atoms with Gasteiger partial charge in [0.2, 0.25) is 0 Å². The molecule has 0 atom stereocenters. The molecule has 0 saturated carbocycles. The molecule has 0 aliphatic rings. The highest BCUT2D eigenvalue weighted by atomic mass is 19.1. The van der Waals surface area contributed by atoms with Crippen molar-refractivity contribution < 1.29 is 9.13 Å². The molecule has 0 unspecified atom stereocenters. The topological polar surface area (TPSA) is 37.2 Å². The minimum Gasteiger partial charge on any atom is -0.491 e. The van der Waals surface area contributed by atoms with Crippen LogP contribution in [-0.2, 0) is 0 Å². The number of halogens is 1. The molecule has 0 aliphatic heterocycles. The second kappa shape index (κ2) is 8.68. The Morgan fingerprint density at radius 3 is 1.91 bits per heavy atom. The summed E-state index contributed by atoms with van der Waals surface area (Å²) < 4.78 is 17.2. The van der Waals surface area contributed by atoms with Crippen molar-refractivity contribution in [1.29, 1.82) is 0 Å². The average molecular weight is 313 g/mol. The molecule has 0 aliphatic carbocycles. The van der Waals surface area contributed by atoms with Crippen LogP contribution in [0.5, 0.6) is 5.75 Å². The van der Waals surface area contributed by atoms with E-state index in [2.05, 4.69) is 10.2 Å². The normalized spacial score (nSPS) is 11.3. The molecule has 120 valence electrons. The summed E-state index contributed by atoms with van der Waals surface area (Å²) in [7, 11) is 4.00. The average Bonchev–Trinajstić information content (AvgIpc) is 2.58. The van der Waals surface area contributed by atoms with Crippen LogP contribution in [0.2, 0.25) is 0 Å². The molecule has 2 aromatic rings. The largest absolute Gasteiger partial charge is 0.491 e. The van der Waals surface area contributed by atoms with E-state index in [0.29, 0.717) is 5.75 Å². The second-order valence-electron chi connectivity index (χ2n) is 5.08. The fourth-order valence-electron chi connectivity index (χ4n) is 1.87. The molecule has 0 fully saturated rings. The van der Waals surface area contributed by atoms with Crippen molar-refractivity contribution in [2.45, 2.75) is 0 Å². The summed E-state index contributed by atoms with van der Waals surface area (Å²) in [4.78, 5) is 2.04. The maximum Gasteiger partial charge on any atom is 0.123 e. The molecular weight excluding hydrogens is 293 g/mol. The van der Waals surface area contributed by atoms with Gasteiger partial charge < -0.3 is 9.64 Å². The lowest BCUT2D eigenvalue weighted by Crippen LogP contribution is -2.08. The predicted octanol–water partition coefficient (Wildman–Crippen LogP) is 3.55. The summed E-state index contributed by atoms with van der Waals surface area (Å²) in [5, 5.41) is 8.05. The number of benzene rings is 2. The van der Waals surface area contributed by atoms with Crippen LogP contribution in [0.15, 0.2) is 58.7 Å². The van der Waals surface area contributed by atoms with Crippen LogP contribution in [0.25, 0.3) is 0 Å². The van der Waals surface area contributed by atoms with Gasteiger partial charge >= 0.3 is 0 Å². The minimum atomic E-state index is -0.493. The first-order valence-electron chi connectivity index (χ1n) is 7.31. The van der Waals surface area contributed by atoms with E-state index in [1.54, 1.807) is 24.6 Å². The lowest BCUT2D eigenvalue weighted by atomic mass is 10.2. The van der Waals surface area contributed by atoms with Gasteiger partial charge in [0.25, 0.3) is 0 Å². The van der Waals surface area contributed by atoms with E-state index >= 15 is 0 Å². The summed E-state index contributed by atoms with van der Waals surface area (Å²) in [6.07, 6.45) is 3.36. The summed E-state index contributed by atoms with van der Waals surface area (Å²) in [5.74, 6) is 0.643. The predicted molar refractivity (Wildman–Crippen MR) is 93.9 cm³/mol. The zero-order chi connectivity index (χ0) is 16.5. The highest BCUT2D eigenvalue weighted by Crippen LogP contribution is 2.12. The number of hydrogen-bond acceptors (Lipinski definition) is 4. The van der Waals surface area contributed by atoms with Crippen LogP contribution < -0.4 is 9.64 Å². The number of rotatable bonds is 7. The van der Waals surface area contributed by atoms with E-state index in [4.69, 9.17) is 4.74 Å². The van der Waals surface area contributed by atoms with E-state index in [9.17, 15) is 4.39 Å². The van der Waals surface area contributed by atoms with E-state index < -0.39 is 6.67 Å². The van der Waals surface area contributed by atoms with Gasteiger partial charge in [-0.1, -0.05) is 12.1 Å². The molecule has 0 N–H and O–H groups in total. The Hall–Kier alpha value is -2.69. The molecule has 0 amide bonds. The smallest absolute Gasteiger partial charge is 0.123 e. The maximum absolute atomic E-state index is 12.0. The van der Waals surface area contributed by atoms with Gasteiger partial charge in [0.05, 0.1) is 12.4 Å². The van der Waals surface area contributed by atoms with Crippen LogP contribution in [0.3, 0.4) is 0 Å². The summed E-state index contributed by atoms with van der Waals surface area (Å²) in [6.45, 7) is -0.419. The maximum atomic E-state index is 12.0. The quantitative estimate of drug-likeness (QED) is 0.579. The van der Waals surface area contributed by atoms with Crippen molar-refractivity contribution in [3.05, 3.63) is 59.7 Å². The van der Waals surface area contributed by atoms with E-state index in [-0.39, 0.29) is 6.61 Å². The van der Waals surface area contributed by atoms with Crippen LogP contribution in [0.4, 0.5) is 10.1 Å². The van der Waals surface area contributed by atoms with Crippen molar-refractivity contribution in [2.24, 2.45) is 10.2 Å². The Kier molecular flexibility index (Phi) is 6.29. The van der Waals surface area contributed by atoms with Gasteiger partial charge in [-0.05, 0) is 47.5 Å². The lowest BCUT2D eigenvalue weighted by Gasteiger charge is -2.11. The third-order valence-corrected chi connectivity index (χ3v) is 3.12. The number of nitrogens with zero attached hydrogens (tertiary/aromatic N) is 3. The first-order chi connectivity index (χ1) is 11.2. The Morgan fingerprint density at radius 1 is 0.913 bits per heavy atom. The SMILES string of the molecule is CN(C)c1ccc(/C=N/N=C/c2ccc(OCCF)cc2)cc1. The van der Waals surface area contributed by atoms with Gasteiger partial charge in [-0.2, -0.15) is 10.2 Å². The molecule has 0 aromatic heterocycles. The molecule has 4 nitrogen and oxygen atoms in total. The highest BCUT2D eigenvalue weighted by molar-refractivity contribution is 5.83. The fourth-order valence-corrected chi connectivity index (χ4v) is 1.87. The van der Waals surface area contributed by atoms with Crippen LogP contribution in [0, 0.1) is 0 Å². The zero-order valence-corrected chi connectivity index (χ0v) is 13.3. The number of ether oxygens (including phenoxy) is 1. The molecular formula is C18H20FN3O. The molecule has 0 heterocycles. The zero-order valence-electron chi connectivity index (χ0n) is 13.3. The van der Waals surface area contributed by atoms with Crippen molar-refractivity contribution in [3.8, 4) is 5.75 Å². The van der Waals surface area contributed by atoms with Gasteiger partial charge in [0.1, 0.15) is 19.0 Å². The first-order valence-corrected chi connectivity index (χ1v) is 7.31. The number of alkyl halides is 1. The van der Waals surface area contributed by atoms with Gasteiger partial charge in [0, 0.05) is 19.8 Å². The number of hydrogen-bond donors (Lipinski definition) is 0. The molecule has 2 rings (SSSR count). The van der Waals surface area contributed by atoms with E-state index in [0.717, 1.165) is 16.8 Å². The lowest BCUT2D eigenvalue weighted by molar-refractivity contribution is 0.273. The molecule has 0 bridgehead atoms. The summed E-state index contributed by atoms with van der Waals surface area (Å²) in [6, 6.07) is 15.3. The first kappa shape index (κ1) is 16.7. The Morgan fingerprint density at radius 2 is 1.43 bits per heavy atom. The standard InChI is InChI=1S/C18H20FN3O/c1-22(2)17-7-3-15(4-8-17)13-20-21-14-16-5-9-18(10-6-16)23-12-11-19/h3-10,13-14H,11-12H2,1-2H3/b20-13+,21-14+. The van der Waals surface area contributed by atoms with E-state index in [1.165, 1.54) is 0 Å².